The molecule has 4 heteroatoms. The van der Waals surface area contributed by atoms with Crippen molar-refractivity contribution in [2.75, 3.05) is 13.2 Å². The molecule has 18 heavy (non-hydrogen) atoms. The second kappa shape index (κ2) is 6.76. The molecular weight excluding hydrogens is 269 g/mol. The molecule has 2 atom stereocenters. The zero-order valence-corrected chi connectivity index (χ0v) is 11.8. The molecule has 1 fully saturated rings. The first-order valence-corrected chi connectivity index (χ1v) is 7.22. The molecule has 1 aliphatic rings. The van der Waals surface area contributed by atoms with E-state index in [0.29, 0.717) is 35.0 Å². The fraction of sp³-hybridized carbons (Fsp3) is 0.571. The minimum Gasteiger partial charge on any atom is -0.396 e. The van der Waals surface area contributed by atoms with Gasteiger partial charge in [0.1, 0.15) is 0 Å². The van der Waals surface area contributed by atoms with Crippen LogP contribution in [-0.4, -0.2) is 18.3 Å². The highest BCUT2D eigenvalue weighted by Crippen LogP contribution is 2.31. The molecule has 0 radical (unpaired) electrons. The van der Waals surface area contributed by atoms with Crippen LogP contribution in [0.3, 0.4) is 0 Å². The van der Waals surface area contributed by atoms with Gasteiger partial charge in [0.05, 0.1) is 0 Å². The highest BCUT2D eigenvalue weighted by molar-refractivity contribution is 6.35. The molecule has 1 aromatic rings. The Balaban J connectivity index is 1.85. The standard InChI is InChI=1S/C14H19Cl2NO/c15-13-5-2-6-14(16)12(13)8-17-7-10-3-1-4-11(10)9-18/h2,5-6,10-11,17-18H,1,3-4,7-9H2. The molecule has 0 spiro atoms. The zero-order chi connectivity index (χ0) is 13.0. The van der Waals surface area contributed by atoms with Gasteiger partial charge in [-0.15, -0.1) is 0 Å². The lowest BCUT2D eigenvalue weighted by Gasteiger charge is -2.18. The van der Waals surface area contributed by atoms with Gasteiger partial charge in [0.2, 0.25) is 0 Å². The van der Waals surface area contributed by atoms with E-state index < -0.39 is 0 Å². The zero-order valence-electron chi connectivity index (χ0n) is 10.3. The Morgan fingerprint density at radius 3 is 2.50 bits per heavy atom. The van der Waals surface area contributed by atoms with Gasteiger partial charge in [-0.3, -0.25) is 0 Å². The molecule has 1 saturated carbocycles. The number of nitrogens with one attached hydrogen (secondary N) is 1. The Labute approximate surface area is 118 Å². The van der Waals surface area contributed by atoms with Crippen LogP contribution in [0.5, 0.6) is 0 Å². The summed E-state index contributed by atoms with van der Waals surface area (Å²) in [7, 11) is 0. The molecule has 2 unspecified atom stereocenters. The Bertz CT molecular complexity index is 377. The molecule has 0 heterocycles. The Kier molecular flexibility index (Phi) is 5.31. The number of halogens is 2. The van der Waals surface area contributed by atoms with Crippen molar-refractivity contribution >= 4 is 23.2 Å². The Morgan fingerprint density at radius 2 is 1.83 bits per heavy atom. The van der Waals surface area contributed by atoms with E-state index >= 15 is 0 Å². The predicted molar refractivity (Wildman–Crippen MR) is 76.1 cm³/mol. The summed E-state index contributed by atoms with van der Waals surface area (Å²) in [4.78, 5) is 0. The van der Waals surface area contributed by atoms with E-state index in [1.54, 1.807) is 0 Å². The van der Waals surface area contributed by atoms with Crippen molar-refractivity contribution in [3.8, 4) is 0 Å². The van der Waals surface area contributed by atoms with Gasteiger partial charge in [0.15, 0.2) is 0 Å². The van der Waals surface area contributed by atoms with Crippen molar-refractivity contribution < 1.29 is 5.11 Å². The average molecular weight is 288 g/mol. The number of aliphatic hydroxyl groups is 1. The Hall–Kier alpha value is -0.280. The number of benzene rings is 1. The number of hydrogen-bond donors (Lipinski definition) is 2. The van der Waals surface area contributed by atoms with Crippen LogP contribution in [0.15, 0.2) is 18.2 Å². The maximum Gasteiger partial charge on any atom is 0.0465 e. The molecule has 2 rings (SSSR count). The van der Waals surface area contributed by atoms with Crippen LogP contribution in [0.1, 0.15) is 24.8 Å². The summed E-state index contributed by atoms with van der Waals surface area (Å²) >= 11 is 12.2. The maximum absolute atomic E-state index is 9.27. The maximum atomic E-state index is 9.27. The molecule has 0 aliphatic heterocycles. The van der Waals surface area contributed by atoms with Crippen molar-refractivity contribution in [3.63, 3.8) is 0 Å². The van der Waals surface area contributed by atoms with Crippen LogP contribution in [0.4, 0.5) is 0 Å². The van der Waals surface area contributed by atoms with Gasteiger partial charge < -0.3 is 10.4 Å². The summed E-state index contributed by atoms with van der Waals surface area (Å²) in [6.45, 7) is 1.92. The predicted octanol–water partition coefficient (Wildman–Crippen LogP) is 3.49. The smallest absolute Gasteiger partial charge is 0.0465 e. The molecule has 0 bridgehead atoms. The van der Waals surface area contributed by atoms with Crippen molar-refractivity contribution in [2.45, 2.75) is 25.8 Å². The molecule has 100 valence electrons. The lowest BCUT2D eigenvalue weighted by Crippen LogP contribution is -2.26. The van der Waals surface area contributed by atoms with Gasteiger partial charge in [-0.25, -0.2) is 0 Å². The van der Waals surface area contributed by atoms with Crippen LogP contribution < -0.4 is 5.32 Å². The van der Waals surface area contributed by atoms with Crippen molar-refractivity contribution in [1.29, 1.82) is 0 Å². The van der Waals surface area contributed by atoms with Gasteiger partial charge in [-0.1, -0.05) is 35.7 Å². The summed E-state index contributed by atoms with van der Waals surface area (Å²) in [5.74, 6) is 1.04. The molecule has 1 aromatic carbocycles. The largest absolute Gasteiger partial charge is 0.396 e. The van der Waals surface area contributed by atoms with E-state index in [4.69, 9.17) is 23.2 Å². The monoisotopic (exact) mass is 287 g/mol. The molecule has 2 N–H and O–H groups in total. The average Bonchev–Trinajstić information content (AvgIpc) is 2.80. The molecule has 2 nitrogen and oxygen atoms in total. The molecule has 0 saturated heterocycles. The van der Waals surface area contributed by atoms with Crippen LogP contribution >= 0.6 is 23.2 Å². The van der Waals surface area contributed by atoms with Crippen LogP contribution in [0.25, 0.3) is 0 Å². The van der Waals surface area contributed by atoms with E-state index in [1.165, 1.54) is 12.8 Å². The second-order valence-corrected chi connectivity index (χ2v) is 5.78. The first-order valence-electron chi connectivity index (χ1n) is 6.47. The first kappa shape index (κ1) is 14.1. The third-order valence-electron chi connectivity index (χ3n) is 3.82. The van der Waals surface area contributed by atoms with Crippen LogP contribution in [0.2, 0.25) is 10.0 Å². The van der Waals surface area contributed by atoms with Gasteiger partial charge in [-0.2, -0.15) is 0 Å². The van der Waals surface area contributed by atoms with E-state index in [2.05, 4.69) is 5.32 Å². The molecule has 0 amide bonds. The number of hydrogen-bond acceptors (Lipinski definition) is 2. The highest BCUT2D eigenvalue weighted by atomic mass is 35.5. The third kappa shape index (κ3) is 3.39. The van der Waals surface area contributed by atoms with Crippen LogP contribution in [-0.2, 0) is 6.54 Å². The van der Waals surface area contributed by atoms with Crippen LogP contribution in [0, 0.1) is 11.8 Å². The number of rotatable bonds is 5. The molecular formula is C14H19Cl2NO. The van der Waals surface area contributed by atoms with Crippen molar-refractivity contribution in [1.82, 2.24) is 5.32 Å². The van der Waals surface area contributed by atoms with E-state index in [1.807, 2.05) is 18.2 Å². The number of aliphatic hydroxyl groups excluding tert-OH is 1. The fourth-order valence-electron chi connectivity index (χ4n) is 2.71. The SMILES string of the molecule is OCC1CCCC1CNCc1c(Cl)cccc1Cl. The van der Waals surface area contributed by atoms with Gasteiger partial charge in [0, 0.05) is 28.8 Å². The van der Waals surface area contributed by atoms with E-state index in [-0.39, 0.29) is 0 Å². The summed E-state index contributed by atoms with van der Waals surface area (Å²) in [6.07, 6.45) is 3.58. The van der Waals surface area contributed by atoms with Gasteiger partial charge >= 0.3 is 0 Å². The summed E-state index contributed by atoms with van der Waals surface area (Å²) in [6, 6.07) is 5.57. The fourth-order valence-corrected chi connectivity index (χ4v) is 3.24. The highest BCUT2D eigenvalue weighted by Gasteiger charge is 2.25. The summed E-state index contributed by atoms with van der Waals surface area (Å²) in [5.41, 5.74) is 0.958. The second-order valence-electron chi connectivity index (χ2n) is 4.96. The normalized spacial score (nSPS) is 23.5. The third-order valence-corrected chi connectivity index (χ3v) is 4.53. The lowest BCUT2D eigenvalue weighted by atomic mass is 9.97. The molecule has 1 aliphatic carbocycles. The van der Waals surface area contributed by atoms with E-state index in [9.17, 15) is 5.11 Å². The topological polar surface area (TPSA) is 32.3 Å². The van der Waals surface area contributed by atoms with Gasteiger partial charge in [0.25, 0.3) is 0 Å². The van der Waals surface area contributed by atoms with Crippen molar-refractivity contribution in [3.05, 3.63) is 33.8 Å². The molecule has 0 aromatic heterocycles. The summed E-state index contributed by atoms with van der Waals surface area (Å²) < 4.78 is 0. The minimum atomic E-state index is 0.305. The quantitative estimate of drug-likeness (QED) is 0.869. The first-order chi connectivity index (χ1) is 8.72. The lowest BCUT2D eigenvalue weighted by molar-refractivity contribution is 0.192. The Morgan fingerprint density at radius 1 is 1.17 bits per heavy atom. The van der Waals surface area contributed by atoms with Gasteiger partial charge in [-0.05, 0) is 43.4 Å². The minimum absolute atomic E-state index is 0.305. The van der Waals surface area contributed by atoms with Crippen molar-refractivity contribution in [2.24, 2.45) is 11.8 Å². The summed E-state index contributed by atoms with van der Waals surface area (Å²) in [5, 5.41) is 14.1. The van der Waals surface area contributed by atoms with E-state index in [0.717, 1.165) is 18.5 Å².